The van der Waals surface area contributed by atoms with E-state index in [1.165, 1.54) is 0 Å². The van der Waals surface area contributed by atoms with Gasteiger partial charge in [0.1, 0.15) is 6.04 Å². The Balaban J connectivity index is 0.00000210. The van der Waals surface area contributed by atoms with Crippen LogP contribution in [-0.2, 0) is 20.7 Å². The summed E-state index contributed by atoms with van der Waals surface area (Å²) in [5.41, 5.74) is 6.51. The minimum Gasteiger partial charge on any atom is -0.464 e. The SMILES string of the molecule is CCOC(=O)C(Cc1ccc(-c2ccccc2)s1)NC(=O)C1(N)CCCC1.Cl.Cl. The quantitative estimate of drug-likeness (QED) is 0.611. The summed E-state index contributed by atoms with van der Waals surface area (Å²) in [6, 6.07) is 13.4. The summed E-state index contributed by atoms with van der Waals surface area (Å²) in [6.45, 7) is 2.04. The molecule has 0 bridgehead atoms. The number of ether oxygens (including phenoxy) is 1. The van der Waals surface area contributed by atoms with Crippen LogP contribution in [0.15, 0.2) is 42.5 Å². The number of esters is 1. The molecule has 1 amide bonds. The maximum Gasteiger partial charge on any atom is 0.329 e. The summed E-state index contributed by atoms with van der Waals surface area (Å²) in [5.74, 6) is -0.667. The first-order valence-electron chi connectivity index (χ1n) is 9.42. The van der Waals surface area contributed by atoms with Crippen LogP contribution in [0.5, 0.6) is 0 Å². The Morgan fingerprint density at radius 3 is 2.41 bits per heavy atom. The van der Waals surface area contributed by atoms with E-state index in [0.717, 1.165) is 28.2 Å². The summed E-state index contributed by atoms with van der Waals surface area (Å²) in [7, 11) is 0. The van der Waals surface area contributed by atoms with Gasteiger partial charge >= 0.3 is 5.97 Å². The molecule has 1 aliphatic carbocycles. The molecular formula is C21H28Cl2N2O3S. The first kappa shape index (κ1) is 25.4. The third-order valence-corrected chi connectivity index (χ3v) is 6.11. The minimum atomic E-state index is -0.866. The van der Waals surface area contributed by atoms with Gasteiger partial charge < -0.3 is 15.8 Å². The fourth-order valence-electron chi connectivity index (χ4n) is 3.42. The molecule has 1 aromatic carbocycles. The lowest BCUT2D eigenvalue weighted by Gasteiger charge is -2.25. The fourth-order valence-corrected chi connectivity index (χ4v) is 4.48. The average Bonchev–Trinajstić information content (AvgIpc) is 3.32. The first-order chi connectivity index (χ1) is 13.0. The molecule has 0 saturated heterocycles. The smallest absolute Gasteiger partial charge is 0.329 e. The Hall–Kier alpha value is -1.60. The number of nitrogens with one attached hydrogen (secondary N) is 1. The Kier molecular flexibility index (Phi) is 10.1. The van der Waals surface area contributed by atoms with E-state index < -0.39 is 17.6 Å². The second-order valence-corrected chi connectivity index (χ2v) is 8.15. The minimum absolute atomic E-state index is 0. The van der Waals surface area contributed by atoms with Crippen LogP contribution in [0.2, 0.25) is 0 Å². The highest BCUT2D eigenvalue weighted by molar-refractivity contribution is 7.15. The van der Waals surface area contributed by atoms with E-state index in [0.29, 0.717) is 19.3 Å². The van der Waals surface area contributed by atoms with Crippen LogP contribution in [0.25, 0.3) is 10.4 Å². The third kappa shape index (κ3) is 6.44. The van der Waals surface area contributed by atoms with Crippen LogP contribution < -0.4 is 11.1 Å². The summed E-state index contributed by atoms with van der Waals surface area (Å²) in [5, 5.41) is 2.85. The number of thiophene rings is 1. The lowest BCUT2D eigenvalue weighted by Crippen LogP contribution is -2.56. The Labute approximate surface area is 188 Å². The van der Waals surface area contributed by atoms with Crippen molar-refractivity contribution in [1.29, 1.82) is 0 Å². The normalized spacial score (nSPS) is 15.5. The molecular weight excluding hydrogens is 431 g/mol. The predicted molar refractivity (Wildman–Crippen MR) is 122 cm³/mol. The molecule has 0 spiro atoms. The van der Waals surface area contributed by atoms with Gasteiger partial charge in [0.2, 0.25) is 5.91 Å². The molecule has 2 aromatic rings. The Morgan fingerprint density at radius 2 is 1.79 bits per heavy atom. The summed E-state index contributed by atoms with van der Waals surface area (Å²) in [6.07, 6.45) is 3.61. The van der Waals surface area contributed by atoms with E-state index in [9.17, 15) is 9.59 Å². The number of carbonyl (C=O) groups excluding carboxylic acids is 2. The number of nitrogens with two attached hydrogens (primary N) is 1. The van der Waals surface area contributed by atoms with E-state index >= 15 is 0 Å². The van der Waals surface area contributed by atoms with Gasteiger partial charge in [-0.3, -0.25) is 4.79 Å². The average molecular weight is 459 g/mol. The number of amides is 1. The van der Waals surface area contributed by atoms with Gasteiger partial charge in [-0.25, -0.2) is 4.79 Å². The predicted octanol–water partition coefficient (Wildman–Crippen LogP) is 4.12. The molecule has 1 heterocycles. The van der Waals surface area contributed by atoms with Crippen molar-refractivity contribution in [2.24, 2.45) is 5.73 Å². The number of hydrogen-bond donors (Lipinski definition) is 2. The summed E-state index contributed by atoms with van der Waals surface area (Å²) < 4.78 is 5.17. The molecule has 1 fully saturated rings. The van der Waals surface area contributed by atoms with Crippen LogP contribution in [0.4, 0.5) is 0 Å². The third-order valence-electron chi connectivity index (χ3n) is 4.95. The summed E-state index contributed by atoms with van der Waals surface area (Å²) in [4.78, 5) is 27.2. The molecule has 3 N–H and O–H groups in total. The molecule has 160 valence electrons. The molecule has 0 radical (unpaired) electrons. The molecule has 29 heavy (non-hydrogen) atoms. The van der Waals surface area contributed by atoms with Crippen molar-refractivity contribution >= 4 is 48.0 Å². The van der Waals surface area contributed by atoms with Crippen molar-refractivity contribution in [2.45, 2.75) is 50.6 Å². The highest BCUT2D eigenvalue weighted by Crippen LogP contribution is 2.30. The molecule has 0 aliphatic heterocycles. The van der Waals surface area contributed by atoms with Gasteiger partial charge in [-0.2, -0.15) is 0 Å². The number of carbonyl (C=O) groups is 2. The number of halogens is 2. The highest BCUT2D eigenvalue weighted by atomic mass is 35.5. The lowest BCUT2D eigenvalue weighted by molar-refractivity contribution is -0.148. The van der Waals surface area contributed by atoms with Gasteiger partial charge in [0.05, 0.1) is 12.1 Å². The van der Waals surface area contributed by atoms with E-state index in [2.05, 4.69) is 17.4 Å². The molecule has 5 nitrogen and oxygen atoms in total. The van der Waals surface area contributed by atoms with Gasteiger partial charge in [0.15, 0.2) is 0 Å². The number of benzene rings is 1. The van der Waals surface area contributed by atoms with Crippen molar-refractivity contribution in [3.05, 3.63) is 47.3 Å². The molecule has 1 aliphatic rings. The van der Waals surface area contributed by atoms with Crippen LogP contribution in [0, 0.1) is 0 Å². The molecule has 1 aromatic heterocycles. The molecule has 3 rings (SSSR count). The van der Waals surface area contributed by atoms with Crippen molar-refractivity contribution in [3.8, 4) is 10.4 Å². The maximum absolute atomic E-state index is 12.7. The van der Waals surface area contributed by atoms with Gasteiger partial charge in [-0.05, 0) is 37.5 Å². The van der Waals surface area contributed by atoms with Crippen molar-refractivity contribution in [3.63, 3.8) is 0 Å². The zero-order chi connectivity index (χ0) is 19.3. The first-order valence-corrected chi connectivity index (χ1v) is 10.2. The van der Waals surface area contributed by atoms with E-state index in [-0.39, 0.29) is 37.3 Å². The maximum atomic E-state index is 12.7. The largest absolute Gasteiger partial charge is 0.464 e. The monoisotopic (exact) mass is 458 g/mol. The van der Waals surface area contributed by atoms with Crippen LogP contribution in [0.3, 0.4) is 0 Å². The van der Waals surface area contributed by atoms with Crippen molar-refractivity contribution in [1.82, 2.24) is 5.32 Å². The zero-order valence-electron chi connectivity index (χ0n) is 16.4. The van der Waals surface area contributed by atoms with Crippen LogP contribution in [0.1, 0.15) is 37.5 Å². The van der Waals surface area contributed by atoms with Crippen molar-refractivity contribution in [2.75, 3.05) is 6.61 Å². The van der Waals surface area contributed by atoms with E-state index in [1.807, 2.05) is 30.3 Å². The highest BCUT2D eigenvalue weighted by Gasteiger charge is 2.39. The Morgan fingerprint density at radius 1 is 1.14 bits per heavy atom. The molecule has 1 unspecified atom stereocenters. The van der Waals surface area contributed by atoms with E-state index in [1.54, 1.807) is 18.3 Å². The van der Waals surface area contributed by atoms with Crippen LogP contribution in [-0.4, -0.2) is 30.1 Å². The Bertz CT molecular complexity index is 792. The van der Waals surface area contributed by atoms with Gasteiger partial charge in [0, 0.05) is 16.2 Å². The lowest BCUT2D eigenvalue weighted by atomic mass is 9.97. The van der Waals surface area contributed by atoms with Gasteiger partial charge in [0.25, 0.3) is 0 Å². The van der Waals surface area contributed by atoms with Gasteiger partial charge in [-0.15, -0.1) is 36.2 Å². The summed E-state index contributed by atoms with van der Waals surface area (Å²) >= 11 is 1.62. The standard InChI is InChI=1S/C21H26N2O3S.2ClH/c1-2-26-19(24)17(23-20(25)21(22)12-6-7-13-21)14-16-10-11-18(27-16)15-8-4-3-5-9-15;;/h3-5,8-11,17H,2,6-7,12-14,22H2,1H3,(H,23,25);2*1H. The van der Waals surface area contributed by atoms with Crippen molar-refractivity contribution < 1.29 is 14.3 Å². The van der Waals surface area contributed by atoms with Crippen LogP contribution >= 0.6 is 36.2 Å². The fraction of sp³-hybridized carbons (Fsp3) is 0.429. The van der Waals surface area contributed by atoms with E-state index in [4.69, 9.17) is 10.5 Å². The number of hydrogen-bond acceptors (Lipinski definition) is 5. The molecule has 1 atom stereocenters. The second kappa shape index (κ2) is 11.6. The van der Waals surface area contributed by atoms with Gasteiger partial charge in [-0.1, -0.05) is 43.2 Å². The topological polar surface area (TPSA) is 81.4 Å². The molecule has 1 saturated carbocycles. The number of rotatable bonds is 7. The zero-order valence-corrected chi connectivity index (χ0v) is 18.8. The second-order valence-electron chi connectivity index (χ2n) is 6.98. The molecule has 8 heteroatoms.